The second-order valence-corrected chi connectivity index (χ2v) is 3.09. The third-order valence-corrected chi connectivity index (χ3v) is 2.44. The van der Waals surface area contributed by atoms with E-state index in [1.165, 1.54) is 12.8 Å². The molecule has 2 atom stereocenters. The van der Waals surface area contributed by atoms with Gasteiger partial charge in [-0.2, -0.15) is 0 Å². The molecule has 4 heteroatoms. The van der Waals surface area contributed by atoms with E-state index in [1.54, 1.807) is 0 Å². The molecule has 0 aromatic heterocycles. The van der Waals surface area contributed by atoms with E-state index in [0.717, 1.165) is 19.0 Å². The summed E-state index contributed by atoms with van der Waals surface area (Å²) in [5, 5.41) is 3.32. The quantitative estimate of drug-likeness (QED) is 0.578. The molecule has 1 heterocycles. The molecule has 1 aliphatic heterocycles. The zero-order valence-corrected chi connectivity index (χ0v) is 7.43. The first kappa shape index (κ1) is 10.5. The molecule has 0 aromatic rings. The average Bonchev–Trinajstić information content (AvgIpc) is 2.39. The molecule has 1 aliphatic carbocycles. The van der Waals surface area contributed by atoms with Crippen LogP contribution in [0, 0.1) is 5.92 Å². The average molecular weight is 185 g/mol. The molecule has 2 nitrogen and oxygen atoms in total. The Kier molecular flexibility index (Phi) is 3.43. The van der Waals surface area contributed by atoms with Gasteiger partial charge in [-0.25, -0.2) is 0 Å². The number of halogens is 2. The van der Waals surface area contributed by atoms with Crippen LogP contribution in [0.2, 0.25) is 0 Å². The molecule has 3 N–H and O–H groups in total. The number of nitrogens with one attached hydrogen (secondary N) is 1. The van der Waals surface area contributed by atoms with Crippen LogP contribution >= 0.6 is 24.8 Å². The second-order valence-electron chi connectivity index (χ2n) is 3.09. The number of rotatable bonds is 0. The first-order chi connectivity index (χ1) is 3.81. The van der Waals surface area contributed by atoms with E-state index >= 15 is 0 Å². The highest BCUT2D eigenvalue weighted by atomic mass is 35.5. The lowest BCUT2D eigenvalue weighted by Gasteiger charge is -2.17. The number of piperidine rings is 1. The summed E-state index contributed by atoms with van der Waals surface area (Å²) in [5.41, 5.74) is 6.19. The van der Waals surface area contributed by atoms with E-state index in [9.17, 15) is 0 Å². The molecule has 0 radical (unpaired) electrons. The van der Waals surface area contributed by atoms with Gasteiger partial charge in [0.2, 0.25) is 0 Å². The lowest BCUT2D eigenvalue weighted by atomic mass is 10.1. The highest BCUT2D eigenvalue weighted by Gasteiger charge is 2.51. The highest BCUT2D eigenvalue weighted by molar-refractivity contribution is 5.85. The first-order valence-corrected chi connectivity index (χ1v) is 3.31. The Labute approximate surface area is 73.7 Å². The monoisotopic (exact) mass is 184 g/mol. The van der Waals surface area contributed by atoms with Gasteiger partial charge in [0.05, 0.1) is 0 Å². The molecule has 0 aromatic carbocycles. The lowest BCUT2D eigenvalue weighted by molar-refractivity contribution is 0.444. The van der Waals surface area contributed by atoms with Crippen molar-refractivity contribution in [1.82, 2.24) is 5.32 Å². The zero-order chi connectivity index (χ0) is 5.61. The maximum atomic E-state index is 5.91. The number of nitrogens with two attached hydrogens (primary N) is 1. The van der Waals surface area contributed by atoms with Gasteiger partial charge in [-0.15, -0.1) is 24.8 Å². The van der Waals surface area contributed by atoms with Crippen molar-refractivity contribution in [2.75, 3.05) is 13.1 Å². The number of hydrogen-bond donors (Lipinski definition) is 2. The smallest absolute Gasteiger partial charge is 0.0211 e. The number of fused-ring (bicyclic) bond motifs is 1. The SMILES string of the molecule is Cl.Cl.NC12CCNCC1C2. The van der Waals surface area contributed by atoms with Crippen molar-refractivity contribution in [2.24, 2.45) is 11.7 Å². The molecule has 1 saturated heterocycles. The fourth-order valence-electron chi connectivity index (χ4n) is 1.58. The van der Waals surface area contributed by atoms with Gasteiger partial charge in [-0.3, -0.25) is 0 Å². The topological polar surface area (TPSA) is 38.0 Å². The van der Waals surface area contributed by atoms with Gasteiger partial charge in [0.15, 0.2) is 0 Å². The van der Waals surface area contributed by atoms with Crippen molar-refractivity contribution in [3.63, 3.8) is 0 Å². The largest absolute Gasteiger partial charge is 0.325 e. The number of hydrogen-bond acceptors (Lipinski definition) is 2. The predicted octanol–water partition coefficient (Wildman–Crippen LogP) is 0.541. The van der Waals surface area contributed by atoms with Crippen molar-refractivity contribution >= 4 is 24.8 Å². The summed E-state index contributed by atoms with van der Waals surface area (Å²) < 4.78 is 0. The van der Waals surface area contributed by atoms with Gasteiger partial charge in [0.1, 0.15) is 0 Å². The molecule has 0 spiro atoms. The molecule has 2 fully saturated rings. The van der Waals surface area contributed by atoms with Crippen LogP contribution in [-0.4, -0.2) is 18.6 Å². The summed E-state index contributed by atoms with van der Waals surface area (Å²) in [7, 11) is 0. The van der Waals surface area contributed by atoms with Gasteiger partial charge in [0.25, 0.3) is 0 Å². The van der Waals surface area contributed by atoms with Gasteiger partial charge >= 0.3 is 0 Å². The molecule has 1 saturated carbocycles. The summed E-state index contributed by atoms with van der Waals surface area (Å²) in [5.74, 6) is 0.816. The lowest BCUT2D eigenvalue weighted by Crippen LogP contribution is -2.38. The molecule has 0 bridgehead atoms. The fourth-order valence-corrected chi connectivity index (χ4v) is 1.58. The molecule has 0 amide bonds. The standard InChI is InChI=1S/C6H12N2.2ClH/c7-6-1-2-8-4-5(6)3-6;;/h5,8H,1-4,7H2;2*1H. The van der Waals surface area contributed by atoms with Crippen LogP contribution in [0.25, 0.3) is 0 Å². The minimum Gasteiger partial charge on any atom is -0.325 e. The minimum absolute atomic E-state index is 0. The third kappa shape index (κ3) is 1.56. The Morgan fingerprint density at radius 3 is 2.50 bits per heavy atom. The van der Waals surface area contributed by atoms with Gasteiger partial charge in [0, 0.05) is 5.54 Å². The van der Waals surface area contributed by atoms with E-state index < -0.39 is 0 Å². The van der Waals surface area contributed by atoms with Crippen molar-refractivity contribution in [3.8, 4) is 0 Å². The van der Waals surface area contributed by atoms with Gasteiger partial charge in [-0.05, 0) is 31.8 Å². The Balaban J connectivity index is 0.000000405. The molecule has 2 rings (SSSR count). The van der Waals surface area contributed by atoms with Crippen molar-refractivity contribution in [1.29, 1.82) is 0 Å². The van der Waals surface area contributed by atoms with E-state index in [1.807, 2.05) is 0 Å². The second kappa shape index (κ2) is 3.26. The van der Waals surface area contributed by atoms with E-state index in [2.05, 4.69) is 5.32 Å². The summed E-state index contributed by atoms with van der Waals surface area (Å²) in [4.78, 5) is 0. The van der Waals surface area contributed by atoms with Crippen LogP contribution in [0.15, 0.2) is 0 Å². The van der Waals surface area contributed by atoms with Crippen LogP contribution in [0.3, 0.4) is 0 Å². The van der Waals surface area contributed by atoms with Crippen molar-refractivity contribution < 1.29 is 0 Å². The molecule has 2 aliphatic rings. The van der Waals surface area contributed by atoms with Crippen LogP contribution in [0.4, 0.5) is 0 Å². The maximum absolute atomic E-state index is 5.91. The fraction of sp³-hybridized carbons (Fsp3) is 1.00. The Hall–Kier alpha value is 0.500. The molecule has 2 unspecified atom stereocenters. The van der Waals surface area contributed by atoms with Crippen molar-refractivity contribution in [2.45, 2.75) is 18.4 Å². The van der Waals surface area contributed by atoms with Gasteiger partial charge < -0.3 is 11.1 Å². The summed E-state index contributed by atoms with van der Waals surface area (Å²) >= 11 is 0. The predicted molar refractivity (Wildman–Crippen MR) is 47.0 cm³/mol. The highest BCUT2D eigenvalue weighted by Crippen LogP contribution is 2.44. The summed E-state index contributed by atoms with van der Waals surface area (Å²) in [6, 6.07) is 0. The van der Waals surface area contributed by atoms with Crippen LogP contribution in [0.1, 0.15) is 12.8 Å². The summed E-state index contributed by atoms with van der Waals surface area (Å²) in [6.45, 7) is 2.30. The molecular formula is C6H14Cl2N2. The van der Waals surface area contributed by atoms with Crippen LogP contribution in [0.5, 0.6) is 0 Å². The minimum atomic E-state index is 0. The third-order valence-electron chi connectivity index (χ3n) is 2.44. The van der Waals surface area contributed by atoms with E-state index in [-0.39, 0.29) is 30.4 Å². The Morgan fingerprint density at radius 2 is 2.10 bits per heavy atom. The molecule has 62 valence electrons. The van der Waals surface area contributed by atoms with E-state index in [0.29, 0.717) is 0 Å². The molecule has 10 heavy (non-hydrogen) atoms. The summed E-state index contributed by atoms with van der Waals surface area (Å²) in [6.07, 6.45) is 2.46. The zero-order valence-electron chi connectivity index (χ0n) is 5.80. The van der Waals surface area contributed by atoms with Crippen LogP contribution < -0.4 is 11.1 Å². The molecular weight excluding hydrogens is 171 g/mol. The van der Waals surface area contributed by atoms with Gasteiger partial charge in [-0.1, -0.05) is 0 Å². The van der Waals surface area contributed by atoms with Crippen LogP contribution in [-0.2, 0) is 0 Å². The van der Waals surface area contributed by atoms with E-state index in [4.69, 9.17) is 5.73 Å². The van der Waals surface area contributed by atoms with Crippen molar-refractivity contribution in [3.05, 3.63) is 0 Å². The normalized spacial score (nSPS) is 42.3. The Morgan fingerprint density at radius 1 is 1.40 bits per heavy atom. The maximum Gasteiger partial charge on any atom is 0.0211 e. The Bertz CT molecular complexity index is 118. The first-order valence-electron chi connectivity index (χ1n) is 3.31.